The Morgan fingerprint density at radius 1 is 0.938 bits per heavy atom. The first-order valence-corrected chi connectivity index (χ1v) is 9.79. The van der Waals surface area contributed by atoms with Crippen molar-refractivity contribution >= 4 is 13.3 Å². The summed E-state index contributed by atoms with van der Waals surface area (Å²) in [6.07, 6.45) is 0. The van der Waals surface area contributed by atoms with E-state index in [0.29, 0.717) is 0 Å². The number of benzene rings is 1. The van der Waals surface area contributed by atoms with Gasteiger partial charge in [-0.25, -0.2) is 0 Å². The zero-order valence-electron chi connectivity index (χ0n) is 11.4. The minimum Gasteiger partial charge on any atom is -0.300 e. The number of rotatable bonds is 5. The van der Waals surface area contributed by atoms with Crippen molar-refractivity contribution in [2.24, 2.45) is 0 Å². The molecular formula is C14H25NSi. The zero-order chi connectivity index (χ0) is 12.2. The monoisotopic (exact) mass is 235 g/mol. The van der Waals surface area contributed by atoms with Crippen LogP contribution in [0.3, 0.4) is 0 Å². The Labute approximate surface area is 101 Å². The third kappa shape index (κ3) is 3.76. The number of hydrogen-bond donors (Lipinski definition) is 0. The molecule has 0 atom stereocenters. The largest absolute Gasteiger partial charge is 0.300 e. The lowest BCUT2D eigenvalue weighted by Crippen LogP contribution is -2.37. The molecule has 1 nitrogen and oxygen atoms in total. The summed E-state index contributed by atoms with van der Waals surface area (Å²) in [7, 11) is -1.13. The Kier molecular flexibility index (Phi) is 4.75. The highest BCUT2D eigenvalue weighted by Crippen LogP contribution is 2.07. The van der Waals surface area contributed by atoms with Crippen LogP contribution in [0.15, 0.2) is 24.3 Å². The molecule has 1 rings (SSSR count). The van der Waals surface area contributed by atoms with Crippen LogP contribution in [-0.2, 0) is 6.54 Å². The number of hydrogen-bond acceptors (Lipinski definition) is 1. The first-order chi connectivity index (χ1) is 7.47. The summed E-state index contributed by atoms with van der Waals surface area (Å²) >= 11 is 0. The van der Waals surface area contributed by atoms with E-state index in [1.807, 2.05) is 0 Å². The average Bonchev–Trinajstić information content (AvgIpc) is 2.25. The lowest BCUT2D eigenvalue weighted by molar-refractivity contribution is 0.296. The van der Waals surface area contributed by atoms with E-state index in [-0.39, 0.29) is 0 Å². The zero-order valence-corrected chi connectivity index (χ0v) is 12.4. The van der Waals surface area contributed by atoms with Crippen LogP contribution < -0.4 is 5.19 Å². The fourth-order valence-electron chi connectivity index (χ4n) is 1.82. The SMILES string of the molecule is CCN(CC)Cc1ccc([Si](C)(C)C)cc1. The molecule has 1 aromatic carbocycles. The molecule has 0 fully saturated rings. The quantitative estimate of drug-likeness (QED) is 0.709. The van der Waals surface area contributed by atoms with E-state index in [1.165, 1.54) is 5.56 Å². The lowest BCUT2D eigenvalue weighted by Gasteiger charge is -2.20. The molecule has 0 radical (unpaired) electrons. The Bertz CT molecular complexity index is 307. The van der Waals surface area contributed by atoms with E-state index in [1.54, 1.807) is 5.19 Å². The van der Waals surface area contributed by atoms with Crippen molar-refractivity contribution in [3.63, 3.8) is 0 Å². The summed E-state index contributed by atoms with van der Waals surface area (Å²) in [6, 6.07) is 9.24. The van der Waals surface area contributed by atoms with E-state index in [4.69, 9.17) is 0 Å². The summed E-state index contributed by atoms with van der Waals surface area (Å²) < 4.78 is 0. The molecule has 0 heterocycles. The minimum absolute atomic E-state index is 1.08. The summed E-state index contributed by atoms with van der Waals surface area (Å²) in [5.41, 5.74) is 1.44. The molecule has 0 amide bonds. The van der Waals surface area contributed by atoms with Gasteiger partial charge in [0.25, 0.3) is 0 Å². The van der Waals surface area contributed by atoms with Gasteiger partial charge in [0.2, 0.25) is 0 Å². The highest BCUT2D eigenvalue weighted by molar-refractivity contribution is 6.88. The van der Waals surface area contributed by atoms with E-state index >= 15 is 0 Å². The molecule has 0 N–H and O–H groups in total. The summed E-state index contributed by atoms with van der Waals surface area (Å²) in [5.74, 6) is 0. The van der Waals surface area contributed by atoms with Gasteiger partial charge in [-0.15, -0.1) is 0 Å². The molecule has 0 aliphatic rings. The smallest absolute Gasteiger partial charge is 0.0775 e. The van der Waals surface area contributed by atoms with Crippen molar-refractivity contribution in [1.29, 1.82) is 0 Å². The van der Waals surface area contributed by atoms with Crippen LogP contribution in [0.1, 0.15) is 19.4 Å². The van der Waals surface area contributed by atoms with E-state index < -0.39 is 8.07 Å². The van der Waals surface area contributed by atoms with Crippen LogP contribution in [0, 0.1) is 0 Å². The van der Waals surface area contributed by atoms with Gasteiger partial charge in [-0.2, -0.15) is 0 Å². The Hall–Kier alpha value is -0.603. The van der Waals surface area contributed by atoms with Crippen molar-refractivity contribution in [3.8, 4) is 0 Å². The van der Waals surface area contributed by atoms with Crippen molar-refractivity contribution in [2.75, 3.05) is 13.1 Å². The molecular weight excluding hydrogens is 210 g/mol. The van der Waals surface area contributed by atoms with Gasteiger partial charge >= 0.3 is 0 Å². The highest BCUT2D eigenvalue weighted by atomic mass is 28.3. The van der Waals surface area contributed by atoms with Crippen LogP contribution in [-0.4, -0.2) is 26.1 Å². The van der Waals surface area contributed by atoms with Crippen molar-refractivity contribution < 1.29 is 0 Å². The third-order valence-corrected chi connectivity index (χ3v) is 5.19. The van der Waals surface area contributed by atoms with E-state index in [0.717, 1.165) is 19.6 Å². The standard InChI is InChI=1S/C14H25NSi/c1-6-15(7-2)12-13-8-10-14(11-9-13)16(3,4)5/h8-11H,6-7,12H2,1-5H3. The van der Waals surface area contributed by atoms with Crippen LogP contribution in [0.2, 0.25) is 19.6 Å². The van der Waals surface area contributed by atoms with Gasteiger partial charge in [-0.3, -0.25) is 4.90 Å². The molecule has 90 valence electrons. The maximum absolute atomic E-state index is 2.45. The van der Waals surface area contributed by atoms with Crippen LogP contribution >= 0.6 is 0 Å². The van der Waals surface area contributed by atoms with Gasteiger partial charge in [0.05, 0.1) is 8.07 Å². The Morgan fingerprint density at radius 2 is 1.44 bits per heavy atom. The molecule has 0 spiro atoms. The molecule has 1 aromatic rings. The first-order valence-electron chi connectivity index (χ1n) is 6.29. The fraction of sp³-hybridized carbons (Fsp3) is 0.571. The predicted molar refractivity (Wildman–Crippen MR) is 76.0 cm³/mol. The Balaban J connectivity index is 2.72. The fourth-order valence-corrected chi connectivity index (χ4v) is 2.98. The Morgan fingerprint density at radius 3 is 1.81 bits per heavy atom. The van der Waals surface area contributed by atoms with Crippen molar-refractivity contribution in [1.82, 2.24) is 4.90 Å². The normalized spacial score (nSPS) is 12.1. The molecule has 2 heteroatoms. The van der Waals surface area contributed by atoms with Gasteiger partial charge in [0.15, 0.2) is 0 Å². The van der Waals surface area contributed by atoms with Gasteiger partial charge in [-0.05, 0) is 18.7 Å². The molecule has 0 aliphatic carbocycles. The summed E-state index contributed by atoms with van der Waals surface area (Å²) in [5, 5.41) is 1.55. The molecule has 0 aromatic heterocycles. The van der Waals surface area contributed by atoms with Gasteiger partial charge in [0, 0.05) is 6.54 Å². The predicted octanol–water partition coefficient (Wildman–Crippen LogP) is 3.07. The molecule has 0 saturated carbocycles. The molecule has 16 heavy (non-hydrogen) atoms. The van der Waals surface area contributed by atoms with E-state index in [2.05, 4.69) is 62.7 Å². The topological polar surface area (TPSA) is 3.24 Å². The maximum atomic E-state index is 2.45. The first kappa shape index (κ1) is 13.5. The van der Waals surface area contributed by atoms with Crippen LogP contribution in [0.25, 0.3) is 0 Å². The second-order valence-corrected chi connectivity index (χ2v) is 10.5. The van der Waals surface area contributed by atoms with Crippen LogP contribution in [0.4, 0.5) is 0 Å². The van der Waals surface area contributed by atoms with Crippen LogP contribution in [0.5, 0.6) is 0 Å². The lowest BCUT2D eigenvalue weighted by atomic mass is 10.2. The average molecular weight is 235 g/mol. The maximum Gasteiger partial charge on any atom is 0.0775 e. The van der Waals surface area contributed by atoms with E-state index in [9.17, 15) is 0 Å². The molecule has 0 saturated heterocycles. The second-order valence-electron chi connectivity index (χ2n) is 5.41. The molecule has 0 bridgehead atoms. The van der Waals surface area contributed by atoms with Gasteiger partial charge < -0.3 is 0 Å². The van der Waals surface area contributed by atoms with Gasteiger partial charge in [0.1, 0.15) is 0 Å². The molecule has 0 aliphatic heterocycles. The highest BCUT2D eigenvalue weighted by Gasteiger charge is 2.15. The summed E-state index contributed by atoms with van der Waals surface area (Å²) in [6.45, 7) is 15.0. The summed E-state index contributed by atoms with van der Waals surface area (Å²) in [4.78, 5) is 2.45. The molecule has 0 unspecified atom stereocenters. The van der Waals surface area contributed by atoms with Crippen molar-refractivity contribution in [3.05, 3.63) is 29.8 Å². The minimum atomic E-state index is -1.13. The van der Waals surface area contributed by atoms with Crippen molar-refractivity contribution in [2.45, 2.75) is 40.0 Å². The van der Waals surface area contributed by atoms with Gasteiger partial charge in [-0.1, -0.05) is 62.9 Å². The second kappa shape index (κ2) is 5.64. The third-order valence-electron chi connectivity index (χ3n) is 3.12. The number of nitrogens with zero attached hydrogens (tertiary/aromatic N) is 1.